The number of pyridine rings is 2. The van der Waals surface area contributed by atoms with Crippen LogP contribution in [0.1, 0.15) is 29.3 Å². The van der Waals surface area contributed by atoms with Crippen LogP contribution in [0, 0.1) is 12.8 Å². The molecule has 1 fully saturated rings. The van der Waals surface area contributed by atoms with Gasteiger partial charge in [-0.05, 0) is 43.0 Å². The van der Waals surface area contributed by atoms with Crippen molar-refractivity contribution in [2.45, 2.75) is 32.4 Å². The van der Waals surface area contributed by atoms with E-state index >= 15 is 0 Å². The topological polar surface area (TPSA) is 59.6 Å². The Balaban J connectivity index is 1.44. The van der Waals surface area contributed by atoms with E-state index in [1.54, 1.807) is 22.7 Å². The van der Waals surface area contributed by atoms with Crippen LogP contribution in [0.3, 0.4) is 0 Å². The molecule has 5 heterocycles. The van der Waals surface area contributed by atoms with Crippen LogP contribution in [-0.4, -0.2) is 31.9 Å². The SMILES string of the molecule is Cc1ccn2c(=O)cc(CN3CC4CC(C3)c3cccc(=O)n3C4)nc2c1. The Kier molecular flexibility index (Phi) is 3.75. The van der Waals surface area contributed by atoms with Gasteiger partial charge in [0.15, 0.2) is 0 Å². The van der Waals surface area contributed by atoms with Crippen LogP contribution >= 0.6 is 0 Å². The largest absolute Gasteiger partial charge is 0.312 e. The smallest absolute Gasteiger partial charge is 0.258 e. The molecule has 1 saturated heterocycles. The molecule has 3 aromatic rings. The highest BCUT2D eigenvalue weighted by Gasteiger charge is 2.34. The Bertz CT molecular complexity index is 1150. The lowest BCUT2D eigenvalue weighted by Crippen LogP contribution is -2.46. The van der Waals surface area contributed by atoms with E-state index in [9.17, 15) is 9.59 Å². The first-order valence-corrected chi connectivity index (χ1v) is 9.48. The maximum absolute atomic E-state index is 12.4. The zero-order valence-electron chi connectivity index (χ0n) is 15.3. The molecule has 0 radical (unpaired) electrons. The van der Waals surface area contributed by atoms with Crippen LogP contribution in [0.25, 0.3) is 5.65 Å². The van der Waals surface area contributed by atoms with Crippen LogP contribution < -0.4 is 11.1 Å². The maximum atomic E-state index is 12.4. The molecule has 2 atom stereocenters. The summed E-state index contributed by atoms with van der Waals surface area (Å²) in [5, 5.41) is 0. The Hall–Kier alpha value is -2.73. The zero-order chi connectivity index (χ0) is 18.5. The summed E-state index contributed by atoms with van der Waals surface area (Å²) in [6, 6.07) is 11.1. The van der Waals surface area contributed by atoms with Crippen molar-refractivity contribution in [1.82, 2.24) is 18.9 Å². The first-order chi connectivity index (χ1) is 13.1. The van der Waals surface area contributed by atoms with Crippen molar-refractivity contribution in [3.8, 4) is 0 Å². The standard InChI is InChI=1S/C21H22N4O2/c1-14-5-6-24-19(7-14)22-17(9-21(24)27)13-23-10-15-8-16(12-23)18-3-2-4-20(26)25(18)11-15/h2-7,9,15-16H,8,10-13H2,1H3. The molecule has 0 aliphatic carbocycles. The van der Waals surface area contributed by atoms with Crippen LogP contribution in [0.4, 0.5) is 0 Å². The Morgan fingerprint density at radius 1 is 1.07 bits per heavy atom. The molecule has 2 unspecified atom stereocenters. The van der Waals surface area contributed by atoms with Gasteiger partial charge in [0.25, 0.3) is 11.1 Å². The van der Waals surface area contributed by atoms with E-state index in [0.29, 0.717) is 24.0 Å². The van der Waals surface area contributed by atoms with E-state index in [2.05, 4.69) is 11.0 Å². The van der Waals surface area contributed by atoms with Gasteiger partial charge in [-0.1, -0.05) is 6.07 Å². The summed E-state index contributed by atoms with van der Waals surface area (Å²) in [6.07, 6.45) is 2.91. The Morgan fingerprint density at radius 2 is 1.96 bits per heavy atom. The molecule has 27 heavy (non-hydrogen) atoms. The Morgan fingerprint density at radius 3 is 2.85 bits per heavy atom. The van der Waals surface area contributed by atoms with Gasteiger partial charge in [0.1, 0.15) is 5.65 Å². The number of aromatic nitrogens is 3. The molecule has 0 amide bonds. The molecule has 0 spiro atoms. The highest BCUT2D eigenvalue weighted by atomic mass is 16.1. The molecule has 6 heteroatoms. The number of aryl methyl sites for hydroxylation is 1. The van der Waals surface area contributed by atoms with Gasteiger partial charge in [0, 0.05) is 56.1 Å². The number of likely N-dealkylation sites (tertiary alicyclic amines) is 1. The molecule has 2 bridgehead atoms. The number of rotatable bonds is 2. The predicted molar refractivity (Wildman–Crippen MR) is 103 cm³/mol. The van der Waals surface area contributed by atoms with Crippen LogP contribution in [0.2, 0.25) is 0 Å². The van der Waals surface area contributed by atoms with Crippen molar-refractivity contribution in [3.05, 3.63) is 80.3 Å². The van der Waals surface area contributed by atoms with Gasteiger partial charge in [-0.25, -0.2) is 4.98 Å². The first kappa shape index (κ1) is 16.4. The molecular formula is C21H22N4O2. The molecule has 0 saturated carbocycles. The van der Waals surface area contributed by atoms with Crippen LogP contribution in [0.15, 0.2) is 52.2 Å². The van der Waals surface area contributed by atoms with Crippen molar-refractivity contribution in [3.63, 3.8) is 0 Å². The molecule has 2 aliphatic heterocycles. The van der Waals surface area contributed by atoms with E-state index in [-0.39, 0.29) is 11.1 Å². The number of nitrogens with zero attached hydrogens (tertiary/aromatic N) is 4. The third-order valence-electron chi connectivity index (χ3n) is 5.82. The lowest BCUT2D eigenvalue weighted by atomic mass is 9.83. The molecule has 3 aromatic heterocycles. The summed E-state index contributed by atoms with van der Waals surface area (Å²) in [4.78, 5) is 31.7. The fourth-order valence-electron chi connectivity index (χ4n) is 4.69. The minimum absolute atomic E-state index is 0.0379. The van der Waals surface area contributed by atoms with E-state index in [4.69, 9.17) is 4.98 Å². The lowest BCUT2D eigenvalue weighted by Gasteiger charge is -2.42. The molecule has 2 aliphatic rings. The first-order valence-electron chi connectivity index (χ1n) is 9.48. The quantitative estimate of drug-likeness (QED) is 0.697. The van der Waals surface area contributed by atoms with E-state index < -0.39 is 0 Å². The number of hydrogen-bond donors (Lipinski definition) is 0. The van der Waals surface area contributed by atoms with Crippen molar-refractivity contribution in [1.29, 1.82) is 0 Å². The van der Waals surface area contributed by atoms with Crippen LogP contribution in [-0.2, 0) is 13.1 Å². The summed E-state index contributed by atoms with van der Waals surface area (Å²) in [7, 11) is 0. The number of piperidine rings is 1. The van der Waals surface area contributed by atoms with Crippen molar-refractivity contribution in [2.75, 3.05) is 13.1 Å². The van der Waals surface area contributed by atoms with Gasteiger partial charge in [-0.3, -0.25) is 18.9 Å². The zero-order valence-corrected chi connectivity index (χ0v) is 15.3. The monoisotopic (exact) mass is 362 g/mol. The van der Waals surface area contributed by atoms with Crippen LogP contribution in [0.5, 0.6) is 0 Å². The van der Waals surface area contributed by atoms with Gasteiger partial charge >= 0.3 is 0 Å². The normalized spacial score (nSPS) is 22.0. The van der Waals surface area contributed by atoms with Crippen molar-refractivity contribution in [2.24, 2.45) is 5.92 Å². The molecule has 0 aromatic carbocycles. The second-order valence-electron chi connectivity index (χ2n) is 7.91. The van der Waals surface area contributed by atoms with E-state index in [1.165, 1.54) is 0 Å². The summed E-state index contributed by atoms with van der Waals surface area (Å²) in [6.45, 7) is 5.30. The fourth-order valence-corrected chi connectivity index (χ4v) is 4.69. The average molecular weight is 362 g/mol. The molecular weight excluding hydrogens is 340 g/mol. The number of fused-ring (bicyclic) bond motifs is 5. The average Bonchev–Trinajstić information content (AvgIpc) is 2.62. The fraction of sp³-hybridized carbons (Fsp3) is 0.381. The number of hydrogen-bond acceptors (Lipinski definition) is 4. The van der Waals surface area contributed by atoms with Gasteiger partial charge in [0.2, 0.25) is 0 Å². The summed E-state index contributed by atoms with van der Waals surface area (Å²) >= 11 is 0. The highest BCUT2D eigenvalue weighted by molar-refractivity contribution is 5.41. The van der Waals surface area contributed by atoms with Gasteiger partial charge in [0.05, 0.1) is 5.69 Å². The summed E-state index contributed by atoms with van der Waals surface area (Å²) in [5.41, 5.74) is 3.82. The van der Waals surface area contributed by atoms with E-state index in [1.807, 2.05) is 29.7 Å². The third kappa shape index (κ3) is 2.90. The summed E-state index contributed by atoms with van der Waals surface area (Å²) in [5.74, 6) is 0.843. The van der Waals surface area contributed by atoms with Gasteiger partial charge in [-0.15, -0.1) is 0 Å². The minimum atomic E-state index is -0.0379. The predicted octanol–water partition coefficient (Wildman–Crippen LogP) is 1.78. The molecule has 6 nitrogen and oxygen atoms in total. The molecule has 5 rings (SSSR count). The summed E-state index contributed by atoms with van der Waals surface area (Å²) < 4.78 is 3.53. The second kappa shape index (κ2) is 6.16. The minimum Gasteiger partial charge on any atom is -0.312 e. The van der Waals surface area contributed by atoms with Gasteiger partial charge < -0.3 is 4.57 Å². The second-order valence-corrected chi connectivity index (χ2v) is 7.91. The van der Waals surface area contributed by atoms with Crippen molar-refractivity contribution < 1.29 is 0 Å². The highest BCUT2D eigenvalue weighted by Crippen LogP contribution is 2.35. The molecule has 138 valence electrons. The molecule has 0 N–H and O–H groups in total. The van der Waals surface area contributed by atoms with E-state index in [0.717, 1.165) is 43.0 Å². The van der Waals surface area contributed by atoms with Gasteiger partial charge in [-0.2, -0.15) is 0 Å². The lowest BCUT2D eigenvalue weighted by molar-refractivity contribution is 0.113. The Labute approximate surface area is 156 Å². The van der Waals surface area contributed by atoms with Crippen molar-refractivity contribution >= 4 is 5.65 Å². The maximum Gasteiger partial charge on any atom is 0.258 e. The third-order valence-corrected chi connectivity index (χ3v) is 5.82.